The van der Waals surface area contributed by atoms with Crippen molar-refractivity contribution in [3.05, 3.63) is 57.1 Å². The molecule has 0 bridgehead atoms. The average Bonchev–Trinajstić information content (AvgIpc) is 2.56. The highest BCUT2D eigenvalue weighted by atomic mass is 35.5. The number of amides is 2. The highest BCUT2D eigenvalue weighted by Crippen LogP contribution is 2.40. The molecule has 0 radical (unpaired) electrons. The molecule has 0 fully saturated rings. The predicted molar refractivity (Wildman–Crippen MR) is 90.1 cm³/mol. The molecule has 10 heteroatoms. The molecule has 0 unspecified atom stereocenters. The third-order valence-corrected chi connectivity index (χ3v) is 4.88. The average molecular weight is 405 g/mol. The van der Waals surface area contributed by atoms with E-state index in [0.29, 0.717) is 24.2 Å². The Hall–Kier alpha value is -2.06. The van der Waals surface area contributed by atoms with Gasteiger partial charge in [-0.1, -0.05) is 29.3 Å². The van der Waals surface area contributed by atoms with Gasteiger partial charge < -0.3 is 10.6 Å². The number of alkyl halides is 3. The zero-order valence-corrected chi connectivity index (χ0v) is 14.7. The lowest BCUT2D eigenvalue weighted by Gasteiger charge is -2.27. The van der Waals surface area contributed by atoms with Gasteiger partial charge in [0.2, 0.25) is 0 Å². The number of rotatable bonds is 2. The number of primary amides is 1. The number of urea groups is 1. The third-order valence-electron chi connectivity index (χ3n) is 4.14. The molecule has 3 rings (SSSR count). The van der Waals surface area contributed by atoms with Crippen LogP contribution in [0.4, 0.5) is 18.0 Å². The van der Waals surface area contributed by atoms with Crippen molar-refractivity contribution in [1.82, 2.24) is 14.9 Å². The lowest BCUT2D eigenvalue weighted by Crippen LogP contribution is -2.40. The summed E-state index contributed by atoms with van der Waals surface area (Å²) in [5.41, 5.74) is 6.18. The number of aromatic nitrogens is 2. The quantitative estimate of drug-likeness (QED) is 0.824. The van der Waals surface area contributed by atoms with E-state index in [4.69, 9.17) is 28.9 Å². The molecule has 2 aromatic rings. The highest BCUT2D eigenvalue weighted by molar-refractivity contribution is 6.42. The molecule has 1 aliphatic rings. The molecule has 2 N–H and O–H groups in total. The highest BCUT2D eigenvalue weighted by Gasteiger charge is 2.44. The van der Waals surface area contributed by atoms with E-state index in [1.165, 1.54) is 23.2 Å². The lowest BCUT2D eigenvalue weighted by atomic mass is 9.96. The fourth-order valence-corrected chi connectivity index (χ4v) is 3.13. The van der Waals surface area contributed by atoms with Gasteiger partial charge in [0, 0.05) is 12.7 Å². The van der Waals surface area contributed by atoms with Gasteiger partial charge in [-0.15, -0.1) is 0 Å². The summed E-state index contributed by atoms with van der Waals surface area (Å²) in [5.74, 6) is -2.48. The Morgan fingerprint density at radius 1 is 1.27 bits per heavy atom. The summed E-state index contributed by atoms with van der Waals surface area (Å²) in [6.45, 7) is 0.423. The topological polar surface area (TPSA) is 72.1 Å². The van der Waals surface area contributed by atoms with E-state index in [1.807, 2.05) is 0 Å². The van der Waals surface area contributed by atoms with Crippen molar-refractivity contribution < 1.29 is 18.0 Å². The van der Waals surface area contributed by atoms with Crippen LogP contribution in [0, 0.1) is 0 Å². The Bertz CT molecular complexity index is 860. The molecule has 1 atom stereocenters. The molecule has 26 heavy (non-hydrogen) atoms. The minimum atomic E-state index is -4.64. The number of halogens is 5. The van der Waals surface area contributed by atoms with Crippen molar-refractivity contribution in [3.8, 4) is 0 Å². The largest absolute Gasteiger partial charge is 0.402 e. The van der Waals surface area contributed by atoms with Gasteiger partial charge >= 0.3 is 12.2 Å². The van der Waals surface area contributed by atoms with Gasteiger partial charge in [0.1, 0.15) is 11.7 Å². The van der Waals surface area contributed by atoms with Crippen molar-refractivity contribution >= 4 is 29.2 Å². The molecule has 0 spiro atoms. The fraction of sp³-hybridized carbons (Fsp3) is 0.312. The van der Waals surface area contributed by atoms with Gasteiger partial charge in [-0.3, -0.25) is 0 Å². The molecule has 1 aromatic heterocycles. The third kappa shape index (κ3) is 3.71. The summed E-state index contributed by atoms with van der Waals surface area (Å²) >= 11 is 11.7. The second-order valence-corrected chi connectivity index (χ2v) is 6.67. The lowest BCUT2D eigenvalue weighted by molar-refractivity contribution is -0.142. The van der Waals surface area contributed by atoms with Crippen LogP contribution in [0.5, 0.6) is 0 Å². The second-order valence-electron chi connectivity index (χ2n) is 5.86. The minimum absolute atomic E-state index is 0.0104. The maximum absolute atomic E-state index is 13.7. The Balaban J connectivity index is 2.04. The molecule has 138 valence electrons. The smallest absolute Gasteiger partial charge is 0.351 e. The number of carbonyl (C=O) groups excluding carboxylic acids is 1. The van der Waals surface area contributed by atoms with Crippen LogP contribution < -0.4 is 5.73 Å². The van der Waals surface area contributed by atoms with E-state index in [2.05, 4.69) is 9.97 Å². The van der Waals surface area contributed by atoms with Crippen LogP contribution in [0.25, 0.3) is 0 Å². The summed E-state index contributed by atoms with van der Waals surface area (Å²) in [6.07, 6.45) is -2.84. The van der Waals surface area contributed by atoms with Crippen LogP contribution in [0.3, 0.4) is 0 Å². The van der Waals surface area contributed by atoms with Gasteiger partial charge in [0.25, 0.3) is 0 Å². The molecule has 2 heterocycles. The standard InChI is InChI=1S/C16H13Cl2F3N4O/c17-10-2-1-8(5-11(10)18)13(16(19,20)21)14-23-6-9-3-4-25(15(22)26)7-12(9)24-14/h1-2,5-6,13H,3-4,7H2,(H2,22,26)/t13-/m0/s1. The summed E-state index contributed by atoms with van der Waals surface area (Å²) < 4.78 is 41.2. The van der Waals surface area contributed by atoms with Crippen LogP contribution in [0.1, 0.15) is 28.6 Å². The monoisotopic (exact) mass is 404 g/mol. The van der Waals surface area contributed by atoms with Crippen LogP contribution in [-0.4, -0.2) is 33.6 Å². The maximum atomic E-state index is 13.7. The molecule has 1 aromatic carbocycles. The number of nitrogens with two attached hydrogens (primary N) is 1. The van der Waals surface area contributed by atoms with E-state index >= 15 is 0 Å². The van der Waals surface area contributed by atoms with Crippen LogP contribution in [0.2, 0.25) is 10.0 Å². The first-order valence-corrected chi connectivity index (χ1v) is 8.33. The molecular formula is C16H13Cl2F3N4O. The molecule has 0 aliphatic carbocycles. The van der Waals surface area contributed by atoms with Crippen molar-refractivity contribution in [2.75, 3.05) is 6.54 Å². The first-order chi connectivity index (χ1) is 12.2. The van der Waals surface area contributed by atoms with Crippen LogP contribution >= 0.6 is 23.2 Å². The summed E-state index contributed by atoms with van der Waals surface area (Å²) in [7, 11) is 0. The van der Waals surface area contributed by atoms with Gasteiger partial charge in [-0.25, -0.2) is 14.8 Å². The zero-order chi connectivity index (χ0) is 19.1. The first kappa shape index (κ1) is 18.7. The van der Waals surface area contributed by atoms with E-state index < -0.39 is 23.9 Å². The number of benzene rings is 1. The maximum Gasteiger partial charge on any atom is 0.402 e. The number of hydrogen-bond acceptors (Lipinski definition) is 3. The van der Waals surface area contributed by atoms with E-state index in [1.54, 1.807) is 0 Å². The fourth-order valence-electron chi connectivity index (χ4n) is 2.82. The van der Waals surface area contributed by atoms with Gasteiger partial charge in [-0.2, -0.15) is 13.2 Å². The SMILES string of the molecule is NC(=O)N1CCc2cnc([C@H](c3ccc(Cl)c(Cl)c3)C(F)(F)F)nc2C1. The van der Waals surface area contributed by atoms with Crippen molar-refractivity contribution in [2.45, 2.75) is 25.1 Å². The molecule has 0 saturated carbocycles. The second kappa shape index (κ2) is 6.92. The molecule has 5 nitrogen and oxygen atoms in total. The van der Waals surface area contributed by atoms with Crippen molar-refractivity contribution in [1.29, 1.82) is 0 Å². The molecular weight excluding hydrogens is 392 g/mol. The number of fused-ring (bicyclic) bond motifs is 1. The van der Waals surface area contributed by atoms with Crippen LogP contribution in [0.15, 0.2) is 24.4 Å². The molecule has 2 amide bonds. The van der Waals surface area contributed by atoms with Gasteiger partial charge in [0.15, 0.2) is 0 Å². The zero-order valence-electron chi connectivity index (χ0n) is 13.2. The van der Waals surface area contributed by atoms with Crippen molar-refractivity contribution in [3.63, 3.8) is 0 Å². The predicted octanol–water partition coefficient (Wildman–Crippen LogP) is 3.91. The first-order valence-electron chi connectivity index (χ1n) is 7.57. The Morgan fingerprint density at radius 3 is 2.62 bits per heavy atom. The Labute approximate surface area is 156 Å². The normalized spacial score (nSPS) is 15.5. The van der Waals surface area contributed by atoms with E-state index in [0.717, 1.165) is 6.07 Å². The Kier molecular flexibility index (Phi) is 4.98. The summed E-state index contributed by atoms with van der Waals surface area (Å²) in [5, 5.41) is 0.163. The number of carbonyl (C=O) groups is 1. The molecule has 1 aliphatic heterocycles. The van der Waals surface area contributed by atoms with Crippen molar-refractivity contribution in [2.24, 2.45) is 5.73 Å². The molecule has 0 saturated heterocycles. The van der Waals surface area contributed by atoms with Gasteiger partial charge in [-0.05, 0) is 29.7 Å². The van der Waals surface area contributed by atoms with E-state index in [9.17, 15) is 18.0 Å². The summed E-state index contributed by atoms with van der Waals surface area (Å²) in [6, 6.07) is 3.05. The Morgan fingerprint density at radius 2 is 2.00 bits per heavy atom. The number of hydrogen-bond donors (Lipinski definition) is 1. The number of nitrogens with zero attached hydrogens (tertiary/aromatic N) is 3. The van der Waals surface area contributed by atoms with Crippen LogP contribution in [-0.2, 0) is 13.0 Å². The van der Waals surface area contributed by atoms with E-state index in [-0.39, 0.29) is 22.2 Å². The summed E-state index contributed by atoms with van der Waals surface area (Å²) in [4.78, 5) is 20.7. The van der Waals surface area contributed by atoms with Gasteiger partial charge in [0.05, 0.1) is 22.3 Å². The minimum Gasteiger partial charge on any atom is -0.351 e.